The lowest BCUT2D eigenvalue weighted by Gasteiger charge is -2.39. The number of amides is 1. The van der Waals surface area contributed by atoms with Crippen molar-refractivity contribution in [3.8, 4) is 5.75 Å². The van der Waals surface area contributed by atoms with Gasteiger partial charge in [0, 0.05) is 5.56 Å². The number of carbonyl (C=O) groups excluding carboxylic acids is 1. The number of ether oxygens (including phenoxy) is 2. The van der Waals surface area contributed by atoms with Gasteiger partial charge >= 0.3 is 6.09 Å². The third-order valence-electron chi connectivity index (χ3n) is 5.13. The minimum atomic E-state index is -2.28. The molecule has 1 N–H and O–H groups in total. The zero-order valence-electron chi connectivity index (χ0n) is 19.8. The first-order valence-electron chi connectivity index (χ1n) is 10.3. The van der Waals surface area contributed by atoms with E-state index in [1.165, 1.54) is 30.4 Å². The van der Waals surface area contributed by atoms with Crippen LogP contribution in [0.2, 0.25) is 18.1 Å². The number of carbonyl (C=O) groups is 1. The van der Waals surface area contributed by atoms with E-state index in [9.17, 15) is 14.3 Å². The van der Waals surface area contributed by atoms with Gasteiger partial charge in [0.2, 0.25) is 8.32 Å². The largest absolute Gasteiger partial charge is 0.496 e. The van der Waals surface area contributed by atoms with Crippen LogP contribution < -0.4 is 4.74 Å². The van der Waals surface area contributed by atoms with Crippen molar-refractivity contribution < 1.29 is 28.3 Å². The number of aliphatic hydroxyl groups is 1. The summed E-state index contributed by atoms with van der Waals surface area (Å²) in [6, 6.07) is 4.04. The van der Waals surface area contributed by atoms with Crippen molar-refractivity contribution in [2.45, 2.75) is 84.2 Å². The molecule has 0 fully saturated rings. The number of nitrogens with zero attached hydrogens (tertiary/aromatic N) is 1. The van der Waals surface area contributed by atoms with Crippen LogP contribution in [-0.2, 0) is 9.26 Å². The Morgan fingerprint density at radius 2 is 1.80 bits per heavy atom. The molecule has 1 unspecified atom stereocenters. The Morgan fingerprint density at radius 3 is 2.30 bits per heavy atom. The maximum Gasteiger partial charge on any atom is 0.433 e. The van der Waals surface area contributed by atoms with Gasteiger partial charge < -0.3 is 19.1 Å². The van der Waals surface area contributed by atoms with Crippen LogP contribution in [0, 0.1) is 5.82 Å². The molecule has 1 amide bonds. The molecule has 1 rings (SSSR count). The third-order valence-corrected chi connectivity index (χ3v) is 9.42. The predicted molar refractivity (Wildman–Crippen MR) is 118 cm³/mol. The summed E-state index contributed by atoms with van der Waals surface area (Å²) < 4.78 is 30.5. The molecule has 1 aromatic carbocycles. The number of hydroxylamine groups is 2. The van der Waals surface area contributed by atoms with Gasteiger partial charge in [-0.3, -0.25) is 0 Å². The fourth-order valence-corrected chi connectivity index (χ4v) is 3.44. The zero-order chi connectivity index (χ0) is 23.3. The summed E-state index contributed by atoms with van der Waals surface area (Å²) in [7, 11) is -0.803. The molecule has 0 bridgehead atoms. The summed E-state index contributed by atoms with van der Waals surface area (Å²) in [6.45, 7) is 16.0. The van der Waals surface area contributed by atoms with E-state index < -0.39 is 31.9 Å². The Hall–Kier alpha value is -1.64. The van der Waals surface area contributed by atoms with E-state index in [1.807, 2.05) is 0 Å². The summed E-state index contributed by atoms with van der Waals surface area (Å²) in [4.78, 5) is 12.7. The minimum Gasteiger partial charge on any atom is -0.496 e. The number of methoxy groups -OCH3 is 1. The van der Waals surface area contributed by atoms with Gasteiger partial charge in [-0.1, -0.05) is 20.8 Å². The van der Waals surface area contributed by atoms with E-state index >= 15 is 0 Å². The Bertz CT molecular complexity index is 712. The van der Waals surface area contributed by atoms with E-state index in [0.29, 0.717) is 24.2 Å². The molecule has 0 aliphatic heterocycles. The Labute approximate surface area is 181 Å². The van der Waals surface area contributed by atoms with Crippen LogP contribution >= 0.6 is 0 Å². The topological polar surface area (TPSA) is 68.2 Å². The number of aliphatic hydroxyl groups excluding tert-OH is 1. The van der Waals surface area contributed by atoms with Crippen LogP contribution in [0.1, 0.15) is 66.1 Å². The number of hydrogen-bond donors (Lipinski definition) is 1. The molecular formula is C22H38FNO5Si. The van der Waals surface area contributed by atoms with Gasteiger partial charge in [-0.2, -0.15) is 5.06 Å². The second kappa shape index (κ2) is 10.1. The predicted octanol–water partition coefficient (Wildman–Crippen LogP) is 5.82. The second-order valence-corrected chi connectivity index (χ2v) is 14.7. The van der Waals surface area contributed by atoms with E-state index in [1.54, 1.807) is 20.8 Å². The molecule has 0 saturated heterocycles. The van der Waals surface area contributed by atoms with Crippen LogP contribution in [0.25, 0.3) is 0 Å². The van der Waals surface area contributed by atoms with E-state index in [4.69, 9.17) is 14.0 Å². The molecule has 0 aliphatic rings. The first-order valence-corrected chi connectivity index (χ1v) is 13.2. The molecule has 0 spiro atoms. The second-order valence-electron chi connectivity index (χ2n) is 9.98. The fourth-order valence-electron chi connectivity index (χ4n) is 2.45. The van der Waals surface area contributed by atoms with Gasteiger partial charge in [-0.25, -0.2) is 9.18 Å². The summed E-state index contributed by atoms with van der Waals surface area (Å²) in [6.07, 6.45) is -0.733. The van der Waals surface area contributed by atoms with Crippen LogP contribution in [0.4, 0.5) is 9.18 Å². The zero-order valence-corrected chi connectivity index (χ0v) is 20.8. The molecule has 8 heteroatoms. The monoisotopic (exact) mass is 443 g/mol. The quantitative estimate of drug-likeness (QED) is 0.405. The average Bonchev–Trinajstić information content (AvgIpc) is 2.58. The lowest BCUT2D eigenvalue weighted by Crippen LogP contribution is -2.50. The molecule has 172 valence electrons. The Morgan fingerprint density at radius 1 is 1.20 bits per heavy atom. The normalized spacial score (nSPS) is 13.7. The lowest BCUT2D eigenvalue weighted by molar-refractivity contribution is -0.0835. The van der Waals surface area contributed by atoms with Crippen LogP contribution in [0.15, 0.2) is 18.2 Å². The minimum absolute atomic E-state index is 0.0955. The van der Waals surface area contributed by atoms with E-state index in [2.05, 4.69) is 33.9 Å². The van der Waals surface area contributed by atoms with Crippen molar-refractivity contribution in [2.24, 2.45) is 0 Å². The van der Waals surface area contributed by atoms with Gasteiger partial charge in [-0.05, 0) is 69.9 Å². The molecule has 6 nitrogen and oxygen atoms in total. The van der Waals surface area contributed by atoms with Crippen molar-refractivity contribution in [3.63, 3.8) is 0 Å². The van der Waals surface area contributed by atoms with Crippen molar-refractivity contribution in [3.05, 3.63) is 29.6 Å². The lowest BCUT2D eigenvalue weighted by atomic mass is 10.0. The Kier molecular flexibility index (Phi) is 8.89. The number of halogens is 1. The number of benzene rings is 1. The average molecular weight is 444 g/mol. The number of rotatable bonds is 8. The van der Waals surface area contributed by atoms with Gasteiger partial charge in [0.05, 0.1) is 19.8 Å². The first-order chi connectivity index (χ1) is 13.6. The first kappa shape index (κ1) is 26.4. The molecule has 0 aliphatic carbocycles. The SMILES string of the molecule is COc1ccc(F)cc1C(O)CCCN(O[Si](C)(C)C(C)(C)C)C(=O)OC(C)(C)C. The Balaban J connectivity index is 2.89. The molecule has 30 heavy (non-hydrogen) atoms. The summed E-state index contributed by atoms with van der Waals surface area (Å²) >= 11 is 0. The molecule has 0 aromatic heterocycles. The van der Waals surface area contributed by atoms with Gasteiger partial charge in [0.1, 0.15) is 17.2 Å². The highest BCUT2D eigenvalue weighted by Crippen LogP contribution is 2.37. The highest BCUT2D eigenvalue weighted by molar-refractivity contribution is 6.74. The van der Waals surface area contributed by atoms with Crippen molar-refractivity contribution >= 4 is 14.4 Å². The van der Waals surface area contributed by atoms with Gasteiger partial charge in [-0.15, -0.1) is 0 Å². The summed E-state index contributed by atoms with van der Waals surface area (Å²) in [5, 5.41) is 11.7. The molecule has 0 heterocycles. The molecule has 1 atom stereocenters. The highest BCUT2D eigenvalue weighted by atomic mass is 28.4. The maximum atomic E-state index is 13.6. The fraction of sp³-hybridized carbons (Fsp3) is 0.682. The van der Waals surface area contributed by atoms with Crippen LogP contribution in [0.3, 0.4) is 0 Å². The molecule has 1 aromatic rings. The van der Waals surface area contributed by atoms with E-state index in [0.717, 1.165) is 0 Å². The highest BCUT2D eigenvalue weighted by Gasteiger charge is 2.41. The van der Waals surface area contributed by atoms with Crippen molar-refractivity contribution in [1.29, 1.82) is 0 Å². The maximum absolute atomic E-state index is 13.6. The summed E-state index contributed by atoms with van der Waals surface area (Å²) in [5.74, 6) is -0.0214. The van der Waals surface area contributed by atoms with Gasteiger partial charge in [0.25, 0.3) is 0 Å². The smallest absolute Gasteiger partial charge is 0.433 e. The standard InChI is InChI=1S/C22H38FNO5Si/c1-21(2,3)28-20(26)24(29-30(8,9)22(4,5)6)14-10-11-18(25)17-15-16(23)12-13-19(17)27-7/h12-13,15,18,25H,10-11,14H2,1-9H3. The summed E-state index contributed by atoms with van der Waals surface area (Å²) in [5.41, 5.74) is -0.271. The van der Waals surface area contributed by atoms with Crippen LogP contribution in [0.5, 0.6) is 5.75 Å². The molecule has 0 radical (unpaired) electrons. The van der Waals surface area contributed by atoms with E-state index in [-0.39, 0.29) is 11.6 Å². The number of hydrogen-bond acceptors (Lipinski definition) is 5. The van der Waals surface area contributed by atoms with Crippen molar-refractivity contribution in [1.82, 2.24) is 5.06 Å². The molecule has 0 saturated carbocycles. The third kappa shape index (κ3) is 7.89. The molecular weight excluding hydrogens is 405 g/mol. The van der Waals surface area contributed by atoms with Crippen LogP contribution in [-0.4, -0.2) is 43.8 Å². The van der Waals surface area contributed by atoms with Gasteiger partial charge in [0.15, 0.2) is 0 Å². The van der Waals surface area contributed by atoms with Crippen molar-refractivity contribution in [2.75, 3.05) is 13.7 Å².